The van der Waals surface area contributed by atoms with Crippen LogP contribution in [-0.2, 0) is 32.3 Å². The van der Waals surface area contributed by atoms with Gasteiger partial charge in [-0.15, -0.1) is 0 Å². The van der Waals surface area contributed by atoms with Crippen molar-refractivity contribution in [2.24, 2.45) is 0 Å². The first-order chi connectivity index (χ1) is 16.3. The number of amides is 2. The van der Waals surface area contributed by atoms with Crippen LogP contribution in [0.25, 0.3) is 0 Å². The van der Waals surface area contributed by atoms with Crippen molar-refractivity contribution in [2.75, 3.05) is 24.2 Å². The van der Waals surface area contributed by atoms with Gasteiger partial charge in [-0.05, 0) is 37.6 Å². The topological polar surface area (TPSA) is 86.8 Å². The highest BCUT2D eigenvalue weighted by Gasteiger charge is 2.32. The van der Waals surface area contributed by atoms with E-state index in [1.807, 2.05) is 0 Å². The Balaban J connectivity index is 2.21. The molecule has 0 aliphatic heterocycles. The minimum absolute atomic E-state index is 0.0453. The second-order valence-electron chi connectivity index (χ2n) is 7.89. The molecule has 0 unspecified atom stereocenters. The summed E-state index contributed by atoms with van der Waals surface area (Å²) in [6, 6.07) is 8.72. The molecule has 0 heterocycles. The van der Waals surface area contributed by atoms with E-state index in [-0.39, 0.29) is 37.2 Å². The van der Waals surface area contributed by atoms with Gasteiger partial charge in [-0.3, -0.25) is 13.9 Å². The number of nitrogens with one attached hydrogen (secondary N) is 1. The third kappa shape index (κ3) is 7.67. The fourth-order valence-electron chi connectivity index (χ4n) is 3.44. The van der Waals surface area contributed by atoms with Gasteiger partial charge in [0.05, 0.1) is 17.5 Å². The van der Waals surface area contributed by atoms with Crippen LogP contribution in [0.4, 0.5) is 23.2 Å². The van der Waals surface area contributed by atoms with Crippen LogP contribution in [0.2, 0.25) is 0 Å². The van der Waals surface area contributed by atoms with E-state index in [1.165, 1.54) is 43.1 Å². The molecule has 1 atom stereocenters. The predicted octanol–water partition coefficient (Wildman–Crippen LogP) is 3.55. The van der Waals surface area contributed by atoms with Crippen molar-refractivity contribution in [3.8, 4) is 0 Å². The lowest BCUT2D eigenvalue weighted by Crippen LogP contribution is -2.47. The molecule has 0 aromatic heterocycles. The van der Waals surface area contributed by atoms with Crippen molar-refractivity contribution in [1.82, 2.24) is 10.2 Å². The Bertz CT molecular complexity index is 1160. The molecule has 7 nitrogen and oxygen atoms in total. The Morgan fingerprint density at radius 1 is 1.09 bits per heavy atom. The molecule has 2 aromatic rings. The van der Waals surface area contributed by atoms with Gasteiger partial charge in [0.25, 0.3) is 0 Å². The molecule has 0 saturated carbocycles. The fourth-order valence-corrected chi connectivity index (χ4v) is 4.40. The van der Waals surface area contributed by atoms with Gasteiger partial charge in [-0.1, -0.05) is 24.3 Å². The average molecular weight is 518 g/mol. The second-order valence-corrected chi connectivity index (χ2v) is 9.80. The third-order valence-electron chi connectivity index (χ3n) is 5.33. The first-order valence-corrected chi connectivity index (χ1v) is 12.5. The number of carbonyl (C=O) groups is 2. The molecule has 192 valence electrons. The Morgan fingerprint density at radius 3 is 2.31 bits per heavy atom. The highest BCUT2D eigenvalue weighted by atomic mass is 32.2. The summed E-state index contributed by atoms with van der Waals surface area (Å²) in [5.74, 6) is -1.57. The lowest BCUT2D eigenvalue weighted by Gasteiger charge is -2.29. The van der Waals surface area contributed by atoms with Gasteiger partial charge in [0, 0.05) is 32.1 Å². The summed E-state index contributed by atoms with van der Waals surface area (Å²) in [5.41, 5.74) is -0.995. The number of sulfonamides is 1. The number of nitrogens with zero attached hydrogens (tertiary/aromatic N) is 2. The zero-order valence-electron chi connectivity index (χ0n) is 19.5. The molecule has 0 saturated heterocycles. The molecule has 0 aliphatic carbocycles. The van der Waals surface area contributed by atoms with Gasteiger partial charge in [0.1, 0.15) is 11.9 Å². The normalized spacial score (nSPS) is 12.7. The maximum absolute atomic E-state index is 14.2. The van der Waals surface area contributed by atoms with Crippen molar-refractivity contribution < 1.29 is 35.6 Å². The van der Waals surface area contributed by atoms with E-state index in [0.717, 1.165) is 28.8 Å². The van der Waals surface area contributed by atoms with Gasteiger partial charge < -0.3 is 10.2 Å². The number of likely N-dealkylation sites (N-methyl/N-ethyl adjacent to an activating group) is 1. The zero-order valence-corrected chi connectivity index (χ0v) is 20.3. The van der Waals surface area contributed by atoms with E-state index in [9.17, 15) is 35.6 Å². The molecule has 0 fully saturated rings. The Hall–Kier alpha value is -3.15. The monoisotopic (exact) mass is 517 g/mol. The molecule has 35 heavy (non-hydrogen) atoms. The molecular weight excluding hydrogens is 490 g/mol. The molecular formula is C23H27F4N3O4S. The van der Waals surface area contributed by atoms with Crippen molar-refractivity contribution in [2.45, 2.75) is 38.5 Å². The molecule has 2 aromatic carbocycles. The second kappa shape index (κ2) is 11.5. The number of rotatable bonds is 10. The van der Waals surface area contributed by atoms with Gasteiger partial charge >= 0.3 is 6.18 Å². The Kier molecular flexibility index (Phi) is 9.24. The number of anilines is 1. The molecule has 0 bridgehead atoms. The van der Waals surface area contributed by atoms with Gasteiger partial charge in [0.2, 0.25) is 21.8 Å². The van der Waals surface area contributed by atoms with Crippen LogP contribution in [-0.4, -0.2) is 51.0 Å². The molecule has 0 spiro atoms. The number of hydrogen-bond acceptors (Lipinski definition) is 4. The molecule has 1 N–H and O–H groups in total. The van der Waals surface area contributed by atoms with E-state index < -0.39 is 45.4 Å². The molecule has 0 aliphatic rings. The smallest absolute Gasteiger partial charge is 0.357 e. The summed E-state index contributed by atoms with van der Waals surface area (Å²) >= 11 is 0. The molecule has 0 radical (unpaired) electrons. The maximum Gasteiger partial charge on any atom is 0.416 e. The van der Waals surface area contributed by atoms with E-state index >= 15 is 0 Å². The third-order valence-corrected chi connectivity index (χ3v) is 6.52. The summed E-state index contributed by atoms with van der Waals surface area (Å²) < 4.78 is 78.7. The predicted molar refractivity (Wildman–Crippen MR) is 123 cm³/mol. The summed E-state index contributed by atoms with van der Waals surface area (Å²) in [4.78, 5) is 26.3. The standard InChI is InChI=1S/C23H27F4N3O4S/c1-16(22(32)28-2)29(15-17-8-4-5-11-20(17)24)21(31)12-7-13-30(35(3,33)34)19-10-6-9-18(14-19)23(25,26)27/h4-6,8-11,14,16H,7,12-13,15H2,1-3H3,(H,28,32)/t16-/m0/s1. The van der Waals surface area contributed by atoms with Crippen LogP contribution in [0, 0.1) is 5.82 Å². The van der Waals surface area contributed by atoms with Crippen LogP contribution in [0.3, 0.4) is 0 Å². The highest BCUT2D eigenvalue weighted by molar-refractivity contribution is 7.92. The molecule has 2 amide bonds. The fraction of sp³-hybridized carbons (Fsp3) is 0.391. The minimum Gasteiger partial charge on any atom is -0.357 e. The van der Waals surface area contributed by atoms with Gasteiger partial charge in [0.15, 0.2) is 0 Å². The minimum atomic E-state index is -4.65. The average Bonchev–Trinajstić information content (AvgIpc) is 2.78. The lowest BCUT2D eigenvalue weighted by atomic mass is 10.1. The first-order valence-electron chi connectivity index (χ1n) is 10.6. The number of carbonyl (C=O) groups excluding carboxylic acids is 2. The maximum atomic E-state index is 14.2. The largest absolute Gasteiger partial charge is 0.416 e. The van der Waals surface area contributed by atoms with E-state index in [1.54, 1.807) is 6.07 Å². The quantitative estimate of drug-likeness (QED) is 0.489. The van der Waals surface area contributed by atoms with Crippen LogP contribution in [0.15, 0.2) is 48.5 Å². The summed E-state index contributed by atoms with van der Waals surface area (Å²) in [6.07, 6.45) is -4.07. The van der Waals surface area contributed by atoms with Crippen LogP contribution in [0.5, 0.6) is 0 Å². The molecule has 12 heteroatoms. The van der Waals surface area contributed by atoms with Crippen molar-refractivity contribution >= 4 is 27.5 Å². The Labute approximate surface area is 201 Å². The zero-order chi connectivity index (χ0) is 26.4. The lowest BCUT2D eigenvalue weighted by molar-refractivity contribution is -0.140. The van der Waals surface area contributed by atoms with Gasteiger partial charge in [-0.25, -0.2) is 12.8 Å². The van der Waals surface area contributed by atoms with Gasteiger partial charge in [-0.2, -0.15) is 13.2 Å². The number of alkyl halides is 3. The summed E-state index contributed by atoms with van der Waals surface area (Å²) in [6.45, 7) is 1.01. The van der Waals surface area contributed by atoms with E-state index in [2.05, 4.69) is 5.32 Å². The summed E-state index contributed by atoms with van der Waals surface area (Å²) in [5, 5.41) is 2.43. The van der Waals surface area contributed by atoms with Crippen LogP contribution in [0.1, 0.15) is 30.9 Å². The number of benzene rings is 2. The molecule has 2 rings (SSSR count). The van der Waals surface area contributed by atoms with Crippen LogP contribution < -0.4 is 9.62 Å². The van der Waals surface area contributed by atoms with Crippen molar-refractivity contribution in [3.05, 3.63) is 65.5 Å². The number of hydrogen-bond donors (Lipinski definition) is 1. The van der Waals surface area contributed by atoms with E-state index in [4.69, 9.17) is 0 Å². The Morgan fingerprint density at radius 2 is 1.74 bits per heavy atom. The van der Waals surface area contributed by atoms with Crippen molar-refractivity contribution in [1.29, 1.82) is 0 Å². The highest BCUT2D eigenvalue weighted by Crippen LogP contribution is 2.32. The van der Waals surface area contributed by atoms with E-state index in [0.29, 0.717) is 0 Å². The SMILES string of the molecule is CNC(=O)[C@H](C)N(Cc1ccccc1F)C(=O)CCCN(c1cccc(C(F)(F)F)c1)S(C)(=O)=O. The van der Waals surface area contributed by atoms with Crippen LogP contribution >= 0.6 is 0 Å². The van der Waals surface area contributed by atoms with Crippen molar-refractivity contribution in [3.63, 3.8) is 0 Å². The number of halogens is 4. The summed E-state index contributed by atoms with van der Waals surface area (Å²) in [7, 11) is -2.57. The first kappa shape index (κ1) is 28.1.